The van der Waals surface area contributed by atoms with Crippen molar-refractivity contribution in [3.05, 3.63) is 34.9 Å². The van der Waals surface area contributed by atoms with Crippen molar-refractivity contribution < 1.29 is 30.4 Å². The number of rotatable bonds is 8. The lowest BCUT2D eigenvalue weighted by atomic mass is 9.58. The molecule has 1 fully saturated rings. The zero-order valence-corrected chi connectivity index (χ0v) is 18.3. The Bertz CT molecular complexity index is 643. The number of nitrogens with zero attached hydrogens (tertiary/aromatic N) is 1. The number of likely N-dealkylation sites (N-methyl/N-ethyl adjacent to an activating group) is 1. The van der Waals surface area contributed by atoms with E-state index in [1.54, 1.807) is 0 Å². The van der Waals surface area contributed by atoms with Crippen molar-refractivity contribution in [3.8, 4) is 0 Å². The first-order chi connectivity index (χ1) is 13.0. The summed E-state index contributed by atoms with van der Waals surface area (Å²) >= 11 is 6.04. The number of aliphatic carboxylic acids is 2. The van der Waals surface area contributed by atoms with Crippen LogP contribution in [0.4, 0.5) is 0 Å². The third kappa shape index (κ3) is 7.93. The minimum Gasteiger partial charge on any atom is -0.481 e. The van der Waals surface area contributed by atoms with Gasteiger partial charge in [-0.15, -0.1) is 0 Å². The number of halogens is 1. The highest BCUT2D eigenvalue weighted by molar-refractivity contribution is 6.30. The monoisotopic (exact) mass is 431 g/mol. The first-order valence-electron chi connectivity index (χ1n) is 9.54. The van der Waals surface area contributed by atoms with Crippen LogP contribution in [-0.4, -0.2) is 63.9 Å². The Labute approximate surface area is 177 Å². The van der Waals surface area contributed by atoms with E-state index < -0.39 is 24.5 Å². The van der Waals surface area contributed by atoms with Crippen LogP contribution in [0.25, 0.3) is 0 Å². The van der Waals surface area contributed by atoms with E-state index in [9.17, 15) is 9.59 Å². The molecule has 2 unspecified atom stereocenters. The summed E-state index contributed by atoms with van der Waals surface area (Å²) in [5.41, 5.74) is 1.82. The summed E-state index contributed by atoms with van der Waals surface area (Å²) in [7, 11) is 4.45. The lowest BCUT2D eigenvalue weighted by molar-refractivity contribution is -0.152. The van der Waals surface area contributed by atoms with Crippen LogP contribution in [-0.2, 0) is 15.0 Å². The van der Waals surface area contributed by atoms with Crippen molar-refractivity contribution in [1.29, 1.82) is 0 Å². The van der Waals surface area contributed by atoms with Crippen molar-refractivity contribution in [1.82, 2.24) is 4.90 Å². The SMILES string of the molecule is CC(C)CC(N(C)C)C1(c2ccc(Cl)cc2)CCC1.O.O=C(O)CC(O)C(=O)O. The topological polar surface area (TPSA) is 130 Å². The van der Waals surface area contributed by atoms with E-state index >= 15 is 0 Å². The maximum absolute atomic E-state index is 9.72. The first-order valence-corrected chi connectivity index (χ1v) is 9.92. The summed E-state index contributed by atoms with van der Waals surface area (Å²) in [6.45, 7) is 4.65. The average molecular weight is 432 g/mol. The molecule has 0 amide bonds. The van der Waals surface area contributed by atoms with Gasteiger partial charge in [0.2, 0.25) is 0 Å². The van der Waals surface area contributed by atoms with Gasteiger partial charge in [0.05, 0.1) is 6.42 Å². The largest absolute Gasteiger partial charge is 0.481 e. The van der Waals surface area contributed by atoms with Gasteiger partial charge in [0.1, 0.15) is 0 Å². The molecule has 7 nitrogen and oxygen atoms in total. The molecule has 1 aromatic rings. The van der Waals surface area contributed by atoms with E-state index in [0.29, 0.717) is 11.5 Å². The maximum Gasteiger partial charge on any atom is 0.333 e. The number of hydrogen-bond acceptors (Lipinski definition) is 4. The van der Waals surface area contributed by atoms with Crippen LogP contribution < -0.4 is 0 Å². The fraction of sp³-hybridized carbons (Fsp3) is 0.619. The minimum absolute atomic E-state index is 0. The highest BCUT2D eigenvalue weighted by atomic mass is 35.5. The molecule has 0 saturated heterocycles. The van der Waals surface area contributed by atoms with E-state index in [2.05, 4.69) is 45.0 Å². The van der Waals surface area contributed by atoms with Gasteiger partial charge in [-0.25, -0.2) is 4.79 Å². The lowest BCUT2D eigenvalue weighted by Gasteiger charge is -2.51. The van der Waals surface area contributed by atoms with Gasteiger partial charge in [-0.2, -0.15) is 0 Å². The molecule has 2 atom stereocenters. The summed E-state index contributed by atoms with van der Waals surface area (Å²) in [4.78, 5) is 21.8. The van der Waals surface area contributed by atoms with Crippen LogP contribution >= 0.6 is 11.6 Å². The molecule has 1 aromatic carbocycles. The number of carbonyl (C=O) groups is 2. The molecule has 29 heavy (non-hydrogen) atoms. The Kier molecular flexibility index (Phi) is 11.4. The molecule has 0 aromatic heterocycles. The molecule has 0 heterocycles. The Morgan fingerprint density at radius 2 is 1.66 bits per heavy atom. The smallest absolute Gasteiger partial charge is 0.333 e. The Morgan fingerprint density at radius 1 is 1.14 bits per heavy atom. The van der Waals surface area contributed by atoms with Crippen molar-refractivity contribution in [2.45, 2.75) is 63.5 Å². The van der Waals surface area contributed by atoms with Gasteiger partial charge < -0.3 is 25.7 Å². The molecule has 5 N–H and O–H groups in total. The molecule has 166 valence electrons. The van der Waals surface area contributed by atoms with E-state index in [4.69, 9.17) is 26.9 Å². The van der Waals surface area contributed by atoms with Crippen LogP contribution in [0.3, 0.4) is 0 Å². The molecule has 0 radical (unpaired) electrons. The summed E-state index contributed by atoms with van der Waals surface area (Å²) in [6.07, 6.45) is 2.69. The van der Waals surface area contributed by atoms with Gasteiger partial charge in [0, 0.05) is 16.5 Å². The van der Waals surface area contributed by atoms with Crippen LogP contribution in [0.15, 0.2) is 24.3 Å². The zero-order chi connectivity index (χ0) is 21.5. The van der Waals surface area contributed by atoms with Gasteiger partial charge in [0.15, 0.2) is 6.10 Å². The number of hydrogen-bond donors (Lipinski definition) is 3. The Balaban J connectivity index is 0.000000672. The third-order valence-electron chi connectivity index (χ3n) is 5.27. The second-order valence-electron chi connectivity index (χ2n) is 8.08. The molecule has 1 saturated carbocycles. The average Bonchev–Trinajstić information content (AvgIpc) is 2.54. The second kappa shape index (κ2) is 12.1. The third-order valence-corrected chi connectivity index (χ3v) is 5.53. The summed E-state index contributed by atoms with van der Waals surface area (Å²) in [5, 5.41) is 25.0. The number of aliphatic hydroxyl groups excluding tert-OH is 1. The maximum atomic E-state index is 9.72. The molecule has 8 heteroatoms. The molecule has 2 rings (SSSR count). The highest BCUT2D eigenvalue weighted by Crippen LogP contribution is 2.49. The standard InChI is InChI=1S/C17H26ClN.C4H6O5.H2O/c1-13(2)12-16(19(3)4)17(10-5-11-17)14-6-8-15(18)9-7-14;5-2(4(8)9)1-3(6)7;/h6-9,13,16H,5,10-12H2,1-4H3;2,5H,1H2,(H,6,7)(H,8,9);1H2. The van der Waals surface area contributed by atoms with Gasteiger partial charge in [0.25, 0.3) is 0 Å². The van der Waals surface area contributed by atoms with E-state index in [0.717, 1.165) is 10.9 Å². The van der Waals surface area contributed by atoms with Crippen LogP contribution in [0.1, 0.15) is 51.5 Å². The van der Waals surface area contributed by atoms with Crippen LogP contribution in [0, 0.1) is 5.92 Å². The first kappa shape index (κ1) is 27.3. The van der Waals surface area contributed by atoms with E-state index in [-0.39, 0.29) is 5.48 Å². The van der Waals surface area contributed by atoms with Crippen molar-refractivity contribution in [2.24, 2.45) is 5.92 Å². The highest BCUT2D eigenvalue weighted by Gasteiger charge is 2.46. The Hall–Kier alpha value is -1.67. The second-order valence-corrected chi connectivity index (χ2v) is 8.51. The lowest BCUT2D eigenvalue weighted by Crippen LogP contribution is -2.52. The zero-order valence-electron chi connectivity index (χ0n) is 17.6. The summed E-state index contributed by atoms with van der Waals surface area (Å²) in [5.74, 6) is -2.11. The number of carboxylic acid groups (broad SMARTS) is 2. The molecule has 0 spiro atoms. The van der Waals surface area contributed by atoms with Crippen molar-refractivity contribution >= 4 is 23.5 Å². The van der Waals surface area contributed by atoms with Gasteiger partial charge in [-0.3, -0.25) is 4.79 Å². The summed E-state index contributed by atoms with van der Waals surface area (Å²) in [6, 6.07) is 9.18. The predicted octanol–water partition coefficient (Wildman–Crippen LogP) is 2.82. The summed E-state index contributed by atoms with van der Waals surface area (Å²) < 4.78 is 0. The molecule has 0 bridgehead atoms. The molecule has 1 aliphatic carbocycles. The van der Waals surface area contributed by atoms with Crippen LogP contribution in [0.2, 0.25) is 5.02 Å². The minimum atomic E-state index is -1.79. The van der Waals surface area contributed by atoms with E-state index in [1.807, 2.05) is 12.1 Å². The van der Waals surface area contributed by atoms with Gasteiger partial charge in [-0.1, -0.05) is 44.0 Å². The number of carboxylic acids is 2. The molecular weight excluding hydrogens is 398 g/mol. The van der Waals surface area contributed by atoms with Crippen molar-refractivity contribution in [2.75, 3.05) is 14.1 Å². The van der Waals surface area contributed by atoms with Gasteiger partial charge in [-0.05, 0) is 57.0 Å². The van der Waals surface area contributed by atoms with Crippen LogP contribution in [0.5, 0.6) is 0 Å². The van der Waals surface area contributed by atoms with E-state index in [1.165, 1.54) is 31.2 Å². The quantitative estimate of drug-likeness (QED) is 0.580. The molecule has 0 aliphatic heterocycles. The fourth-order valence-corrected chi connectivity index (χ4v) is 3.91. The number of benzene rings is 1. The fourth-order valence-electron chi connectivity index (χ4n) is 3.78. The molecule has 1 aliphatic rings. The number of aliphatic hydroxyl groups is 1. The normalized spacial score (nSPS) is 16.7. The molecular formula is C21H34ClNO6. The van der Waals surface area contributed by atoms with Gasteiger partial charge >= 0.3 is 11.9 Å². The van der Waals surface area contributed by atoms with Crippen molar-refractivity contribution in [3.63, 3.8) is 0 Å². The Morgan fingerprint density at radius 3 is 1.93 bits per heavy atom. The predicted molar refractivity (Wildman–Crippen MR) is 113 cm³/mol.